The van der Waals surface area contributed by atoms with Gasteiger partial charge in [0.15, 0.2) is 5.65 Å². The fourth-order valence-electron chi connectivity index (χ4n) is 4.63. The number of ether oxygens (including phenoxy) is 1. The van der Waals surface area contributed by atoms with Gasteiger partial charge in [-0.3, -0.25) is 9.59 Å². The Labute approximate surface area is 240 Å². The molecule has 0 bridgehead atoms. The summed E-state index contributed by atoms with van der Waals surface area (Å²) < 4.78 is 6.88. The van der Waals surface area contributed by atoms with Crippen LogP contribution in [0.3, 0.4) is 0 Å². The lowest BCUT2D eigenvalue weighted by atomic mass is 10.0. The van der Waals surface area contributed by atoms with Crippen LogP contribution in [0.15, 0.2) is 65.5 Å². The van der Waals surface area contributed by atoms with E-state index in [2.05, 4.69) is 10.3 Å². The summed E-state index contributed by atoms with van der Waals surface area (Å²) in [6, 6.07) is 18.5. The van der Waals surface area contributed by atoms with E-state index in [0.29, 0.717) is 56.1 Å². The number of H-pyrrole nitrogens is 1. The van der Waals surface area contributed by atoms with E-state index in [1.165, 1.54) is 6.92 Å². The predicted octanol–water partition coefficient (Wildman–Crippen LogP) is 6.76. The van der Waals surface area contributed by atoms with Gasteiger partial charge in [-0.05, 0) is 59.0 Å². The molecule has 2 heterocycles. The third-order valence-electron chi connectivity index (χ3n) is 6.41. The highest BCUT2D eigenvalue weighted by Crippen LogP contribution is 2.37. The van der Waals surface area contributed by atoms with Gasteiger partial charge in [0.2, 0.25) is 5.91 Å². The summed E-state index contributed by atoms with van der Waals surface area (Å²) >= 11 is 13.7. The minimum Gasteiger partial charge on any atom is -0.497 e. The number of benzene rings is 3. The highest BCUT2D eigenvalue weighted by Gasteiger charge is 2.23. The van der Waals surface area contributed by atoms with Crippen molar-refractivity contribution in [2.75, 3.05) is 12.4 Å². The lowest BCUT2D eigenvalue weighted by Gasteiger charge is -2.12. The minimum absolute atomic E-state index is 0.0516. The fourth-order valence-corrected chi connectivity index (χ4v) is 5.28. The number of anilines is 1. The Morgan fingerprint density at radius 2 is 1.77 bits per heavy atom. The van der Waals surface area contributed by atoms with E-state index >= 15 is 0 Å². The van der Waals surface area contributed by atoms with Gasteiger partial charge in [0.1, 0.15) is 22.6 Å². The molecule has 0 aliphatic heterocycles. The van der Waals surface area contributed by atoms with Crippen molar-refractivity contribution in [3.63, 3.8) is 0 Å². The van der Waals surface area contributed by atoms with Crippen molar-refractivity contribution in [3.8, 4) is 22.6 Å². The molecule has 1 amide bonds. The summed E-state index contributed by atoms with van der Waals surface area (Å²) in [6.45, 7) is 5.38. The summed E-state index contributed by atoms with van der Waals surface area (Å²) in [5.74, 6) is 0.975. The van der Waals surface area contributed by atoms with Crippen molar-refractivity contribution in [1.29, 1.82) is 0 Å². The first-order valence-corrected chi connectivity index (χ1v) is 13.4. The summed E-state index contributed by atoms with van der Waals surface area (Å²) in [4.78, 5) is 32.6. The maximum atomic E-state index is 13.3. The number of aromatic nitrogens is 4. The van der Waals surface area contributed by atoms with E-state index in [4.69, 9.17) is 38.0 Å². The molecule has 5 rings (SSSR count). The van der Waals surface area contributed by atoms with Gasteiger partial charge in [-0.2, -0.15) is 5.10 Å². The number of amides is 1. The molecule has 0 aliphatic rings. The molecule has 0 radical (unpaired) electrons. The lowest BCUT2D eigenvalue weighted by Crippen LogP contribution is -2.14. The third-order valence-corrected chi connectivity index (χ3v) is 6.99. The molecule has 40 heavy (non-hydrogen) atoms. The molecular formula is C30H27Cl2N5O3. The first kappa shape index (κ1) is 27.4. The van der Waals surface area contributed by atoms with Crippen LogP contribution < -0.4 is 15.6 Å². The van der Waals surface area contributed by atoms with Crippen LogP contribution in [-0.4, -0.2) is 32.8 Å². The van der Waals surface area contributed by atoms with Gasteiger partial charge in [-0.1, -0.05) is 61.3 Å². The summed E-state index contributed by atoms with van der Waals surface area (Å²) in [6.07, 6.45) is 0.385. The SMILES string of the molecule is COc1cccc(Cc2nc3c(c(C(C)C)nn3-c3c(Cl)cc(-c4cccc(NC(C)=O)c4)cc3Cl)c(=O)[nH]2)c1. The zero-order valence-electron chi connectivity index (χ0n) is 22.4. The normalized spacial score (nSPS) is 11.3. The smallest absolute Gasteiger partial charge is 0.262 e. The number of fused-ring (bicyclic) bond motifs is 1. The maximum absolute atomic E-state index is 13.3. The van der Waals surface area contributed by atoms with E-state index in [1.807, 2.05) is 56.3 Å². The number of aromatic amines is 1. The van der Waals surface area contributed by atoms with Crippen LogP contribution in [-0.2, 0) is 11.2 Å². The Bertz CT molecular complexity index is 1790. The maximum Gasteiger partial charge on any atom is 0.262 e. The van der Waals surface area contributed by atoms with Crippen molar-refractivity contribution in [3.05, 3.63) is 98.1 Å². The number of hydrogen-bond donors (Lipinski definition) is 2. The zero-order chi connectivity index (χ0) is 28.6. The van der Waals surface area contributed by atoms with Crippen LogP contribution >= 0.6 is 23.2 Å². The molecule has 8 nitrogen and oxygen atoms in total. The molecular weight excluding hydrogens is 549 g/mol. The summed E-state index contributed by atoms with van der Waals surface area (Å²) in [5.41, 5.74) is 4.28. The lowest BCUT2D eigenvalue weighted by molar-refractivity contribution is -0.114. The van der Waals surface area contributed by atoms with Crippen molar-refractivity contribution in [2.24, 2.45) is 0 Å². The monoisotopic (exact) mass is 575 g/mol. The number of carbonyl (C=O) groups excluding carboxylic acids is 1. The van der Waals surface area contributed by atoms with Gasteiger partial charge in [0.05, 0.1) is 22.8 Å². The standard InChI is InChI=1S/C30H27Cl2N5O3/c1-16(2)27-26-29(34-25(35-30(26)39)12-18-7-5-10-22(11-18)40-4)37(36-27)28-23(31)14-20(15-24(28)32)19-8-6-9-21(13-19)33-17(3)38/h5-11,13-16H,12H2,1-4H3,(H,33,38)(H,34,35,39). The average molecular weight is 576 g/mol. The van der Waals surface area contributed by atoms with Crippen LogP contribution in [0.1, 0.15) is 43.8 Å². The first-order chi connectivity index (χ1) is 19.1. The fraction of sp³-hybridized carbons (Fsp3) is 0.200. The molecule has 2 aromatic heterocycles. The van der Waals surface area contributed by atoms with Crippen LogP contribution in [0.25, 0.3) is 27.8 Å². The number of carbonyl (C=O) groups is 1. The van der Waals surface area contributed by atoms with Crippen molar-refractivity contribution >= 4 is 45.8 Å². The highest BCUT2D eigenvalue weighted by molar-refractivity contribution is 6.38. The summed E-state index contributed by atoms with van der Waals surface area (Å²) in [5, 5.41) is 8.61. The molecule has 0 unspecified atom stereocenters. The molecule has 204 valence electrons. The second-order valence-electron chi connectivity index (χ2n) is 9.74. The number of methoxy groups -OCH3 is 1. The third kappa shape index (κ3) is 5.46. The van der Waals surface area contributed by atoms with E-state index < -0.39 is 0 Å². The molecule has 0 aliphatic carbocycles. The molecule has 0 fully saturated rings. The molecule has 3 aromatic carbocycles. The van der Waals surface area contributed by atoms with E-state index in [-0.39, 0.29) is 17.4 Å². The molecule has 0 spiro atoms. The van der Waals surface area contributed by atoms with Crippen LogP contribution in [0.5, 0.6) is 5.75 Å². The predicted molar refractivity (Wildman–Crippen MR) is 159 cm³/mol. The number of halogens is 2. The van der Waals surface area contributed by atoms with Crippen LogP contribution in [0, 0.1) is 0 Å². The van der Waals surface area contributed by atoms with E-state index in [9.17, 15) is 9.59 Å². The molecule has 0 saturated carbocycles. The number of rotatable bonds is 7. The van der Waals surface area contributed by atoms with Crippen molar-refractivity contribution in [1.82, 2.24) is 19.7 Å². The van der Waals surface area contributed by atoms with Gasteiger partial charge in [-0.25, -0.2) is 9.67 Å². The minimum atomic E-state index is -0.281. The largest absolute Gasteiger partial charge is 0.497 e. The Kier molecular flexibility index (Phi) is 7.65. The van der Waals surface area contributed by atoms with Crippen LogP contribution in [0.4, 0.5) is 5.69 Å². The quantitative estimate of drug-likeness (QED) is 0.223. The number of hydrogen-bond acceptors (Lipinski definition) is 5. The summed E-state index contributed by atoms with van der Waals surface area (Å²) in [7, 11) is 1.61. The van der Waals surface area contributed by atoms with Gasteiger partial charge in [0.25, 0.3) is 5.56 Å². The second kappa shape index (κ2) is 11.2. The van der Waals surface area contributed by atoms with Gasteiger partial charge in [-0.15, -0.1) is 0 Å². The van der Waals surface area contributed by atoms with E-state index in [0.717, 1.165) is 16.7 Å². The van der Waals surface area contributed by atoms with Gasteiger partial charge < -0.3 is 15.0 Å². The van der Waals surface area contributed by atoms with Crippen molar-refractivity contribution < 1.29 is 9.53 Å². The highest BCUT2D eigenvalue weighted by atomic mass is 35.5. The van der Waals surface area contributed by atoms with Gasteiger partial charge in [0, 0.05) is 19.0 Å². The second-order valence-corrected chi connectivity index (χ2v) is 10.6. The van der Waals surface area contributed by atoms with Crippen molar-refractivity contribution in [2.45, 2.75) is 33.1 Å². The number of nitrogens with zero attached hydrogens (tertiary/aromatic N) is 3. The Morgan fingerprint density at radius 1 is 1.05 bits per heavy atom. The molecule has 2 N–H and O–H groups in total. The Hall–Kier alpha value is -4.14. The van der Waals surface area contributed by atoms with Gasteiger partial charge >= 0.3 is 0 Å². The zero-order valence-corrected chi connectivity index (χ0v) is 23.9. The average Bonchev–Trinajstić information content (AvgIpc) is 3.28. The molecule has 10 heteroatoms. The topological polar surface area (TPSA) is 102 Å². The molecule has 0 saturated heterocycles. The van der Waals surface area contributed by atoms with E-state index in [1.54, 1.807) is 30.0 Å². The van der Waals surface area contributed by atoms with Crippen LogP contribution in [0.2, 0.25) is 10.0 Å². The first-order valence-electron chi connectivity index (χ1n) is 12.7. The number of nitrogens with one attached hydrogen (secondary N) is 2. The Morgan fingerprint density at radius 3 is 2.45 bits per heavy atom. The molecule has 5 aromatic rings. The molecule has 0 atom stereocenters. The Balaban J connectivity index is 1.64.